The molecule has 0 bridgehead atoms. The molecule has 2 aromatic rings. The molecule has 0 fully saturated rings. The molecule has 0 aliphatic carbocycles. The van der Waals surface area contributed by atoms with Crippen molar-refractivity contribution in [3.63, 3.8) is 0 Å². The van der Waals surface area contributed by atoms with Crippen LogP contribution in [0.25, 0.3) is 0 Å². The van der Waals surface area contributed by atoms with Gasteiger partial charge in [0.25, 0.3) is 0 Å². The first-order valence-electron chi connectivity index (χ1n) is 6.83. The average molecular weight is 268 g/mol. The van der Waals surface area contributed by atoms with Crippen LogP contribution < -0.4 is 4.74 Å². The average Bonchev–Trinajstić information content (AvgIpc) is 3.27. The summed E-state index contributed by atoms with van der Waals surface area (Å²) in [5, 5.41) is 10.3. The van der Waals surface area contributed by atoms with Crippen LogP contribution in [0, 0.1) is 0 Å². The number of carbonyl (C=O) groups is 1. The molecule has 0 radical (unpaired) electrons. The maximum absolute atomic E-state index is 12.5. The third-order valence-corrected chi connectivity index (χ3v) is 3.52. The fourth-order valence-corrected chi connectivity index (χ4v) is 2.45. The molecule has 3 rings (SSSR count). The number of aliphatic hydroxyl groups is 1. The number of hydrogen-bond acceptors (Lipinski definition) is 3. The number of benzene rings is 2. The van der Waals surface area contributed by atoms with Crippen molar-refractivity contribution in [1.82, 2.24) is 0 Å². The normalized spacial score (nSPS) is 13.3. The van der Waals surface area contributed by atoms with E-state index in [9.17, 15) is 9.90 Å². The summed E-state index contributed by atoms with van der Waals surface area (Å²) in [5.41, 5.74) is 2.11. The molecule has 3 heteroatoms. The van der Waals surface area contributed by atoms with E-state index in [1.807, 2.05) is 18.2 Å². The van der Waals surface area contributed by atoms with Crippen molar-refractivity contribution in [3.05, 3.63) is 59.2 Å². The topological polar surface area (TPSA) is 49.8 Å². The zero-order valence-electron chi connectivity index (χ0n) is 11.3. The van der Waals surface area contributed by atoms with Gasteiger partial charge in [0.05, 0.1) is 0 Å². The van der Waals surface area contributed by atoms with E-state index in [1.165, 1.54) is 0 Å². The molecular weight excluding hydrogens is 252 g/mol. The molecule has 20 heavy (non-hydrogen) atoms. The lowest BCUT2D eigenvalue weighted by Gasteiger charge is -2.12. The molecule has 3 nitrogen and oxygen atoms in total. The van der Waals surface area contributed by atoms with Crippen LogP contribution in [0.15, 0.2) is 42.5 Å². The van der Waals surface area contributed by atoms with Crippen molar-refractivity contribution in [3.8, 4) is 11.5 Å². The number of carbonyl (C=O) groups excluding carboxylic acids is 1. The third kappa shape index (κ3) is 2.21. The van der Waals surface area contributed by atoms with E-state index in [2.05, 4.69) is 6.92 Å². The molecule has 1 unspecified atom stereocenters. The summed E-state index contributed by atoms with van der Waals surface area (Å²) >= 11 is 0. The number of aliphatic hydroxyl groups excluding tert-OH is 1. The van der Waals surface area contributed by atoms with Gasteiger partial charge in [-0.3, -0.25) is 4.79 Å². The van der Waals surface area contributed by atoms with Gasteiger partial charge in [0.15, 0.2) is 17.3 Å². The maximum atomic E-state index is 12.5. The van der Waals surface area contributed by atoms with Crippen molar-refractivity contribution in [2.45, 2.75) is 25.9 Å². The summed E-state index contributed by atoms with van der Waals surface area (Å²) in [7, 11) is 0. The molecule has 0 aromatic heterocycles. The van der Waals surface area contributed by atoms with Gasteiger partial charge in [0.1, 0.15) is 6.10 Å². The lowest BCUT2D eigenvalue weighted by molar-refractivity contribution is 0.0746. The van der Waals surface area contributed by atoms with E-state index in [0.29, 0.717) is 11.1 Å². The van der Waals surface area contributed by atoms with Crippen LogP contribution in [0.4, 0.5) is 0 Å². The van der Waals surface area contributed by atoms with Crippen LogP contribution >= 0.6 is 0 Å². The fraction of sp³-hybridized carbons (Fsp3) is 0.235. The summed E-state index contributed by atoms with van der Waals surface area (Å²) in [6, 6.07) is 12.5. The molecule has 1 aliphatic heterocycles. The summed E-state index contributed by atoms with van der Waals surface area (Å²) in [5.74, 6) is 1.40. The molecule has 0 saturated heterocycles. The van der Waals surface area contributed by atoms with Crippen LogP contribution in [-0.2, 0) is 6.42 Å². The molecule has 1 aliphatic rings. The Kier molecular flexibility index (Phi) is 3.28. The second kappa shape index (κ2) is 5.10. The predicted octanol–water partition coefficient (Wildman–Crippen LogP) is 3.66. The minimum atomic E-state index is -1.12. The quantitative estimate of drug-likeness (QED) is 0.567. The minimum Gasteiger partial charge on any atom is -0.449 e. The highest BCUT2D eigenvalue weighted by Gasteiger charge is 2.30. The zero-order valence-corrected chi connectivity index (χ0v) is 11.3. The second-order valence-corrected chi connectivity index (χ2v) is 4.95. The highest BCUT2D eigenvalue weighted by molar-refractivity contribution is 6.02. The molecule has 1 N–H and O–H groups in total. The third-order valence-electron chi connectivity index (χ3n) is 3.52. The molecule has 0 saturated carbocycles. The van der Waals surface area contributed by atoms with E-state index in [4.69, 9.17) is 4.74 Å². The molecule has 0 spiro atoms. The van der Waals surface area contributed by atoms with Gasteiger partial charge in [-0.2, -0.15) is 0 Å². The summed E-state index contributed by atoms with van der Waals surface area (Å²) < 4.78 is 5.36. The predicted molar refractivity (Wildman–Crippen MR) is 76.2 cm³/mol. The van der Waals surface area contributed by atoms with Gasteiger partial charge in [0.2, 0.25) is 0 Å². The van der Waals surface area contributed by atoms with Crippen LogP contribution in [0.2, 0.25) is 0 Å². The van der Waals surface area contributed by atoms with E-state index < -0.39 is 6.10 Å². The number of Topliss-reactive ketones (excluding diaryl/α,β-unsaturated/α-hetero) is 1. The lowest BCUT2D eigenvalue weighted by atomic mass is 9.94. The monoisotopic (exact) mass is 268 g/mol. The van der Waals surface area contributed by atoms with E-state index in [1.54, 1.807) is 24.3 Å². The van der Waals surface area contributed by atoms with Crippen molar-refractivity contribution in [1.29, 1.82) is 0 Å². The van der Waals surface area contributed by atoms with Gasteiger partial charge >= 0.3 is 0 Å². The standard InChI is InChI=1S/C17H16O3/c1-2-6-13-12(9-10-14-17(13)20-14)16(19)15(18)11-7-4-3-5-8-11/h3-5,7-10,15,18H,2,6H2,1H3. The van der Waals surface area contributed by atoms with Crippen LogP contribution in [0.5, 0.6) is 11.5 Å². The van der Waals surface area contributed by atoms with E-state index in [-0.39, 0.29) is 5.78 Å². The largest absolute Gasteiger partial charge is 0.449 e. The first-order chi connectivity index (χ1) is 9.72. The van der Waals surface area contributed by atoms with Gasteiger partial charge in [-0.25, -0.2) is 0 Å². The van der Waals surface area contributed by atoms with Crippen LogP contribution in [0.3, 0.4) is 0 Å². The Balaban J connectivity index is 1.94. The Bertz CT molecular complexity index is 647. The Morgan fingerprint density at radius 1 is 1.20 bits per heavy atom. The maximum Gasteiger partial charge on any atom is 0.196 e. The number of hydrogen-bond donors (Lipinski definition) is 1. The minimum absolute atomic E-state index is 0.266. The Hall–Kier alpha value is -2.13. The second-order valence-electron chi connectivity index (χ2n) is 4.95. The summed E-state index contributed by atoms with van der Waals surface area (Å²) in [6.45, 7) is 2.06. The number of rotatable bonds is 5. The van der Waals surface area contributed by atoms with E-state index in [0.717, 1.165) is 29.9 Å². The number of ketones is 1. The van der Waals surface area contributed by atoms with Gasteiger partial charge in [-0.15, -0.1) is 0 Å². The lowest BCUT2D eigenvalue weighted by Crippen LogP contribution is -2.14. The van der Waals surface area contributed by atoms with Crippen LogP contribution in [-0.4, -0.2) is 10.9 Å². The fourth-order valence-electron chi connectivity index (χ4n) is 2.45. The molecule has 1 atom stereocenters. The first-order valence-corrected chi connectivity index (χ1v) is 6.83. The first kappa shape index (κ1) is 12.9. The van der Waals surface area contributed by atoms with Crippen LogP contribution in [0.1, 0.15) is 40.9 Å². The van der Waals surface area contributed by atoms with Crippen molar-refractivity contribution in [2.75, 3.05) is 0 Å². The Labute approximate surface area is 117 Å². The van der Waals surface area contributed by atoms with E-state index >= 15 is 0 Å². The number of fused-ring (bicyclic) bond motifs is 1. The molecular formula is C17H16O3. The summed E-state index contributed by atoms with van der Waals surface area (Å²) in [4.78, 5) is 12.5. The van der Waals surface area contributed by atoms with Gasteiger partial charge in [-0.05, 0) is 24.1 Å². The van der Waals surface area contributed by atoms with Crippen molar-refractivity contribution in [2.24, 2.45) is 0 Å². The van der Waals surface area contributed by atoms with Crippen molar-refractivity contribution >= 4 is 5.78 Å². The highest BCUT2D eigenvalue weighted by Crippen LogP contribution is 2.50. The highest BCUT2D eigenvalue weighted by atomic mass is 16.6. The molecule has 102 valence electrons. The molecule has 2 aromatic carbocycles. The zero-order chi connectivity index (χ0) is 14.1. The van der Waals surface area contributed by atoms with Crippen molar-refractivity contribution < 1.29 is 14.6 Å². The van der Waals surface area contributed by atoms with Gasteiger partial charge in [-0.1, -0.05) is 43.7 Å². The Morgan fingerprint density at radius 3 is 2.65 bits per heavy atom. The number of ether oxygens (including phenoxy) is 1. The molecule has 1 heterocycles. The Morgan fingerprint density at radius 2 is 1.95 bits per heavy atom. The smallest absolute Gasteiger partial charge is 0.196 e. The summed E-state index contributed by atoms with van der Waals surface area (Å²) in [6.07, 6.45) is 0.594. The van der Waals surface area contributed by atoms with Gasteiger partial charge < -0.3 is 9.84 Å². The molecule has 0 amide bonds. The van der Waals surface area contributed by atoms with Gasteiger partial charge in [0, 0.05) is 11.1 Å². The SMILES string of the molecule is CCCc1c(C(=O)C(O)c2ccccc2)ccc2c1O2.